The van der Waals surface area contributed by atoms with Crippen LogP contribution in [-0.2, 0) is 6.54 Å². The van der Waals surface area contributed by atoms with Gasteiger partial charge in [0, 0.05) is 13.1 Å². The standard InChI is InChI=1S/C13H18FN3O/c14-11-8-10(4-5-12(11)18)9-16-13(15)17-6-2-1-3-7-17/h4-5,8,18H,1-3,6-7,9H2,(H2,15,16). The third kappa shape index (κ3) is 3.12. The van der Waals surface area contributed by atoms with Crippen molar-refractivity contribution in [3.63, 3.8) is 0 Å². The normalized spacial score (nSPS) is 16.9. The number of phenolic OH excluding ortho intramolecular Hbond substituents is 1. The second-order valence-electron chi connectivity index (χ2n) is 4.51. The summed E-state index contributed by atoms with van der Waals surface area (Å²) in [5.41, 5.74) is 6.60. The Balaban J connectivity index is 1.98. The van der Waals surface area contributed by atoms with Crippen molar-refractivity contribution < 1.29 is 9.50 Å². The number of benzene rings is 1. The molecule has 0 radical (unpaired) electrons. The summed E-state index contributed by atoms with van der Waals surface area (Å²) in [6.07, 6.45) is 3.53. The van der Waals surface area contributed by atoms with Gasteiger partial charge in [0.1, 0.15) is 0 Å². The lowest BCUT2D eigenvalue weighted by atomic mass is 10.1. The summed E-state index contributed by atoms with van der Waals surface area (Å²) in [5.74, 6) is -0.450. The van der Waals surface area contributed by atoms with Gasteiger partial charge >= 0.3 is 0 Å². The minimum absolute atomic E-state index is 0.333. The predicted octanol–water partition coefficient (Wildman–Crippen LogP) is 1.83. The summed E-state index contributed by atoms with van der Waals surface area (Å²) in [7, 11) is 0. The molecule has 0 aliphatic carbocycles. The molecule has 1 aliphatic heterocycles. The van der Waals surface area contributed by atoms with Crippen LogP contribution in [0.3, 0.4) is 0 Å². The van der Waals surface area contributed by atoms with Gasteiger partial charge < -0.3 is 15.7 Å². The molecule has 2 rings (SSSR count). The van der Waals surface area contributed by atoms with Crippen molar-refractivity contribution in [2.75, 3.05) is 13.1 Å². The first-order valence-corrected chi connectivity index (χ1v) is 6.19. The van der Waals surface area contributed by atoms with Gasteiger partial charge in [0.05, 0.1) is 6.54 Å². The molecule has 0 aromatic heterocycles. The molecule has 1 fully saturated rings. The zero-order valence-electron chi connectivity index (χ0n) is 10.3. The number of aliphatic imine (C=N–C) groups is 1. The molecular weight excluding hydrogens is 233 g/mol. The molecule has 1 saturated heterocycles. The van der Waals surface area contributed by atoms with Crippen LogP contribution in [0.4, 0.5) is 4.39 Å². The molecule has 5 heteroatoms. The lowest BCUT2D eigenvalue weighted by Crippen LogP contribution is -2.40. The molecule has 1 heterocycles. The fourth-order valence-electron chi connectivity index (χ4n) is 2.04. The van der Waals surface area contributed by atoms with Crippen LogP contribution in [0.1, 0.15) is 24.8 Å². The lowest BCUT2D eigenvalue weighted by Gasteiger charge is -2.27. The van der Waals surface area contributed by atoms with Crippen molar-refractivity contribution in [2.24, 2.45) is 10.7 Å². The van der Waals surface area contributed by atoms with E-state index in [9.17, 15) is 4.39 Å². The van der Waals surface area contributed by atoms with Gasteiger partial charge in [-0.15, -0.1) is 0 Å². The highest BCUT2D eigenvalue weighted by molar-refractivity contribution is 5.78. The topological polar surface area (TPSA) is 61.9 Å². The zero-order chi connectivity index (χ0) is 13.0. The van der Waals surface area contributed by atoms with Gasteiger partial charge in [-0.05, 0) is 37.0 Å². The molecule has 0 spiro atoms. The van der Waals surface area contributed by atoms with E-state index in [1.54, 1.807) is 6.07 Å². The van der Waals surface area contributed by atoms with E-state index in [-0.39, 0.29) is 5.75 Å². The Morgan fingerprint density at radius 3 is 2.72 bits per heavy atom. The van der Waals surface area contributed by atoms with E-state index in [2.05, 4.69) is 9.89 Å². The maximum Gasteiger partial charge on any atom is 0.191 e. The fraction of sp³-hybridized carbons (Fsp3) is 0.462. The van der Waals surface area contributed by atoms with Crippen molar-refractivity contribution in [1.82, 2.24) is 4.90 Å². The fourth-order valence-corrected chi connectivity index (χ4v) is 2.04. The molecule has 18 heavy (non-hydrogen) atoms. The largest absolute Gasteiger partial charge is 0.505 e. The van der Waals surface area contributed by atoms with Crippen molar-refractivity contribution in [3.8, 4) is 5.75 Å². The monoisotopic (exact) mass is 251 g/mol. The number of hydrogen-bond donors (Lipinski definition) is 2. The average molecular weight is 251 g/mol. The molecule has 3 N–H and O–H groups in total. The van der Waals surface area contributed by atoms with Crippen LogP contribution in [0, 0.1) is 5.82 Å². The molecule has 0 unspecified atom stereocenters. The minimum atomic E-state index is -0.626. The van der Waals surface area contributed by atoms with Crippen molar-refractivity contribution >= 4 is 5.96 Å². The van der Waals surface area contributed by atoms with E-state index in [1.807, 2.05) is 0 Å². The van der Waals surface area contributed by atoms with E-state index in [0.29, 0.717) is 18.1 Å². The van der Waals surface area contributed by atoms with Crippen molar-refractivity contribution in [1.29, 1.82) is 0 Å². The van der Waals surface area contributed by atoms with E-state index in [1.165, 1.54) is 18.6 Å². The van der Waals surface area contributed by atoms with E-state index in [4.69, 9.17) is 10.8 Å². The summed E-state index contributed by atoms with van der Waals surface area (Å²) in [6, 6.07) is 4.25. The Kier molecular flexibility index (Phi) is 4.02. The molecular formula is C13H18FN3O. The molecule has 98 valence electrons. The predicted molar refractivity (Wildman–Crippen MR) is 68.8 cm³/mol. The number of likely N-dealkylation sites (tertiary alicyclic amines) is 1. The Hall–Kier alpha value is -1.78. The summed E-state index contributed by atoms with van der Waals surface area (Å²) in [5, 5.41) is 9.08. The first kappa shape index (κ1) is 12.7. The van der Waals surface area contributed by atoms with E-state index in [0.717, 1.165) is 25.9 Å². The Morgan fingerprint density at radius 2 is 2.06 bits per heavy atom. The summed E-state index contributed by atoms with van der Waals surface area (Å²) >= 11 is 0. The zero-order valence-corrected chi connectivity index (χ0v) is 10.3. The van der Waals surface area contributed by atoms with Gasteiger partial charge in [0.2, 0.25) is 0 Å². The van der Waals surface area contributed by atoms with Crippen LogP contribution in [0.5, 0.6) is 5.75 Å². The smallest absolute Gasteiger partial charge is 0.191 e. The van der Waals surface area contributed by atoms with Crippen LogP contribution in [0.15, 0.2) is 23.2 Å². The second-order valence-corrected chi connectivity index (χ2v) is 4.51. The third-order valence-electron chi connectivity index (χ3n) is 3.12. The maximum atomic E-state index is 13.1. The number of rotatable bonds is 2. The van der Waals surface area contributed by atoms with Crippen LogP contribution in [-0.4, -0.2) is 29.1 Å². The van der Waals surface area contributed by atoms with Gasteiger partial charge in [-0.25, -0.2) is 9.38 Å². The number of halogens is 1. The van der Waals surface area contributed by atoms with Crippen molar-refractivity contribution in [2.45, 2.75) is 25.8 Å². The molecule has 4 nitrogen and oxygen atoms in total. The number of hydrogen-bond acceptors (Lipinski definition) is 2. The maximum absolute atomic E-state index is 13.1. The van der Waals surface area contributed by atoms with Gasteiger partial charge in [-0.3, -0.25) is 0 Å². The van der Waals surface area contributed by atoms with Crippen LogP contribution in [0.25, 0.3) is 0 Å². The average Bonchev–Trinajstić information content (AvgIpc) is 2.41. The lowest BCUT2D eigenvalue weighted by molar-refractivity contribution is 0.338. The van der Waals surface area contributed by atoms with Crippen molar-refractivity contribution in [3.05, 3.63) is 29.6 Å². The Bertz CT molecular complexity index is 442. The number of piperidine rings is 1. The summed E-state index contributed by atoms with van der Waals surface area (Å²) < 4.78 is 13.1. The highest BCUT2D eigenvalue weighted by Gasteiger charge is 2.11. The molecule has 0 atom stereocenters. The molecule has 0 amide bonds. The van der Waals surface area contributed by atoms with Gasteiger partial charge in [-0.2, -0.15) is 0 Å². The van der Waals surface area contributed by atoms with Crippen LogP contribution in [0.2, 0.25) is 0 Å². The number of nitrogens with two attached hydrogens (primary N) is 1. The first-order valence-electron chi connectivity index (χ1n) is 6.19. The van der Waals surface area contributed by atoms with Gasteiger partial charge in [0.25, 0.3) is 0 Å². The number of guanidine groups is 1. The molecule has 0 saturated carbocycles. The highest BCUT2D eigenvalue weighted by atomic mass is 19.1. The molecule has 0 bridgehead atoms. The highest BCUT2D eigenvalue weighted by Crippen LogP contribution is 2.16. The minimum Gasteiger partial charge on any atom is -0.505 e. The molecule has 1 aliphatic rings. The van der Waals surface area contributed by atoms with Crippen LogP contribution < -0.4 is 5.73 Å². The Morgan fingerprint density at radius 1 is 1.33 bits per heavy atom. The third-order valence-corrected chi connectivity index (χ3v) is 3.12. The first-order chi connectivity index (χ1) is 8.66. The van der Waals surface area contributed by atoms with E-state index < -0.39 is 5.82 Å². The number of aromatic hydroxyl groups is 1. The second kappa shape index (κ2) is 5.71. The summed E-state index contributed by atoms with van der Waals surface area (Å²) in [6.45, 7) is 2.22. The Labute approximate surface area is 106 Å². The van der Waals surface area contributed by atoms with Gasteiger partial charge in [-0.1, -0.05) is 6.07 Å². The quantitative estimate of drug-likeness (QED) is 0.622. The van der Waals surface area contributed by atoms with Crippen LogP contribution >= 0.6 is 0 Å². The summed E-state index contributed by atoms with van der Waals surface area (Å²) in [4.78, 5) is 6.32. The van der Waals surface area contributed by atoms with E-state index >= 15 is 0 Å². The SMILES string of the molecule is NC(=NCc1ccc(O)c(F)c1)N1CCCCC1. The number of phenols is 1. The van der Waals surface area contributed by atoms with Gasteiger partial charge in [0.15, 0.2) is 17.5 Å². The molecule has 1 aromatic carbocycles. The number of nitrogens with zero attached hydrogens (tertiary/aromatic N) is 2. The molecule has 1 aromatic rings.